The number of hydrogen-bond donors (Lipinski definition) is 2. The fourth-order valence-electron chi connectivity index (χ4n) is 2.21. The zero-order chi connectivity index (χ0) is 17.0. The van der Waals surface area contributed by atoms with Crippen molar-refractivity contribution in [3.05, 3.63) is 64.7 Å². The third-order valence-corrected chi connectivity index (χ3v) is 3.65. The molecule has 122 valence electrons. The lowest BCUT2D eigenvalue weighted by Gasteiger charge is -2.20. The largest absolute Gasteiger partial charge is 0.325 e. The van der Waals surface area contributed by atoms with Crippen molar-refractivity contribution in [2.75, 3.05) is 5.32 Å². The van der Waals surface area contributed by atoms with E-state index in [2.05, 4.69) is 10.6 Å². The summed E-state index contributed by atoms with van der Waals surface area (Å²) in [4.78, 5) is 12.2. The van der Waals surface area contributed by atoms with Crippen molar-refractivity contribution in [3.63, 3.8) is 0 Å². The molecule has 0 saturated heterocycles. The van der Waals surface area contributed by atoms with Gasteiger partial charge in [0.1, 0.15) is 11.6 Å². The summed E-state index contributed by atoms with van der Waals surface area (Å²) >= 11 is 5.86. The smallest absolute Gasteiger partial charge is 0.241 e. The van der Waals surface area contributed by atoms with Crippen molar-refractivity contribution in [2.24, 2.45) is 0 Å². The quantitative estimate of drug-likeness (QED) is 0.853. The first-order valence-corrected chi connectivity index (χ1v) is 7.52. The van der Waals surface area contributed by atoms with Crippen LogP contribution in [0.25, 0.3) is 0 Å². The predicted molar refractivity (Wildman–Crippen MR) is 87.5 cm³/mol. The number of benzene rings is 2. The molecule has 0 aromatic heterocycles. The highest BCUT2D eigenvalue weighted by atomic mass is 35.5. The first kappa shape index (κ1) is 17.4. The second kappa shape index (κ2) is 7.53. The summed E-state index contributed by atoms with van der Waals surface area (Å²) in [5.41, 5.74) is 0.880. The molecular formula is C17H17ClF2N2O. The molecule has 23 heavy (non-hydrogen) atoms. The van der Waals surface area contributed by atoms with Gasteiger partial charge in [-0.3, -0.25) is 10.1 Å². The fourth-order valence-corrected chi connectivity index (χ4v) is 2.40. The molecule has 2 atom stereocenters. The van der Waals surface area contributed by atoms with Crippen LogP contribution in [0.1, 0.15) is 25.5 Å². The molecule has 2 N–H and O–H groups in total. The number of hydrogen-bond acceptors (Lipinski definition) is 2. The Kier molecular flexibility index (Phi) is 5.69. The van der Waals surface area contributed by atoms with Gasteiger partial charge in [-0.25, -0.2) is 8.78 Å². The van der Waals surface area contributed by atoms with Gasteiger partial charge >= 0.3 is 0 Å². The average Bonchev–Trinajstić information content (AvgIpc) is 2.46. The monoisotopic (exact) mass is 338 g/mol. The van der Waals surface area contributed by atoms with Crippen LogP contribution >= 0.6 is 11.6 Å². The number of carbonyl (C=O) groups is 1. The van der Waals surface area contributed by atoms with Crippen LogP contribution in [0.2, 0.25) is 5.02 Å². The van der Waals surface area contributed by atoms with E-state index >= 15 is 0 Å². The molecule has 0 unspecified atom stereocenters. The molecule has 2 aromatic rings. The summed E-state index contributed by atoms with van der Waals surface area (Å²) in [6, 6.07) is 9.14. The van der Waals surface area contributed by atoms with Gasteiger partial charge in [-0.15, -0.1) is 0 Å². The van der Waals surface area contributed by atoms with Gasteiger partial charge in [0.25, 0.3) is 0 Å². The lowest BCUT2D eigenvalue weighted by Crippen LogP contribution is -2.39. The number of carbonyl (C=O) groups excluding carboxylic acids is 1. The van der Waals surface area contributed by atoms with Crippen LogP contribution < -0.4 is 10.6 Å². The molecule has 0 aliphatic carbocycles. The van der Waals surface area contributed by atoms with E-state index in [9.17, 15) is 13.6 Å². The lowest BCUT2D eigenvalue weighted by molar-refractivity contribution is -0.117. The van der Waals surface area contributed by atoms with E-state index in [-0.39, 0.29) is 5.91 Å². The molecular weight excluding hydrogens is 322 g/mol. The fraction of sp³-hybridized carbons (Fsp3) is 0.235. The summed E-state index contributed by atoms with van der Waals surface area (Å²) < 4.78 is 26.7. The molecule has 0 aliphatic rings. The summed E-state index contributed by atoms with van der Waals surface area (Å²) in [5.74, 6) is -1.56. The Labute approximate surface area is 138 Å². The molecule has 0 heterocycles. The number of halogens is 3. The van der Waals surface area contributed by atoms with E-state index in [1.165, 1.54) is 12.1 Å². The summed E-state index contributed by atoms with van der Waals surface area (Å²) in [5, 5.41) is 6.23. The SMILES string of the molecule is C[C@H](N[C@@H](C)c1ccc(F)cc1F)C(=O)Nc1cccc(Cl)c1. The highest BCUT2D eigenvalue weighted by Crippen LogP contribution is 2.19. The minimum atomic E-state index is -0.646. The minimum absolute atomic E-state index is 0.276. The van der Waals surface area contributed by atoms with E-state index < -0.39 is 23.7 Å². The van der Waals surface area contributed by atoms with Gasteiger partial charge in [0, 0.05) is 28.4 Å². The maximum Gasteiger partial charge on any atom is 0.241 e. The van der Waals surface area contributed by atoms with Gasteiger partial charge in [0.2, 0.25) is 5.91 Å². The van der Waals surface area contributed by atoms with Crippen molar-refractivity contribution < 1.29 is 13.6 Å². The Bertz CT molecular complexity index is 709. The van der Waals surface area contributed by atoms with E-state index in [0.717, 1.165) is 6.07 Å². The molecule has 0 saturated carbocycles. The van der Waals surface area contributed by atoms with Crippen molar-refractivity contribution >= 4 is 23.2 Å². The van der Waals surface area contributed by atoms with Crippen molar-refractivity contribution in [3.8, 4) is 0 Å². The number of amides is 1. The lowest BCUT2D eigenvalue weighted by atomic mass is 10.1. The van der Waals surface area contributed by atoms with Crippen molar-refractivity contribution in [1.82, 2.24) is 5.32 Å². The predicted octanol–water partition coefficient (Wildman–Crippen LogP) is 4.30. The second-order valence-corrected chi connectivity index (χ2v) is 5.71. The van der Waals surface area contributed by atoms with Crippen LogP contribution in [-0.4, -0.2) is 11.9 Å². The molecule has 0 spiro atoms. The van der Waals surface area contributed by atoms with Gasteiger partial charge in [-0.1, -0.05) is 23.7 Å². The second-order valence-electron chi connectivity index (χ2n) is 5.28. The number of anilines is 1. The highest BCUT2D eigenvalue weighted by Gasteiger charge is 2.18. The maximum absolute atomic E-state index is 13.7. The highest BCUT2D eigenvalue weighted by molar-refractivity contribution is 6.30. The standard InChI is InChI=1S/C17H17ClF2N2O/c1-10(15-7-6-13(19)9-16(15)20)21-11(2)17(23)22-14-5-3-4-12(18)8-14/h3-11,21H,1-2H3,(H,22,23)/t10-,11-/m0/s1. The Morgan fingerprint density at radius 3 is 2.52 bits per heavy atom. The van der Waals surface area contributed by atoms with Crippen LogP contribution in [0.4, 0.5) is 14.5 Å². The van der Waals surface area contributed by atoms with Crippen LogP contribution in [0.15, 0.2) is 42.5 Å². The average molecular weight is 339 g/mol. The van der Waals surface area contributed by atoms with Gasteiger partial charge in [-0.2, -0.15) is 0 Å². The van der Waals surface area contributed by atoms with Crippen molar-refractivity contribution in [2.45, 2.75) is 25.9 Å². The van der Waals surface area contributed by atoms with E-state index in [4.69, 9.17) is 11.6 Å². The zero-order valence-electron chi connectivity index (χ0n) is 12.7. The number of rotatable bonds is 5. The minimum Gasteiger partial charge on any atom is -0.325 e. The maximum atomic E-state index is 13.7. The van der Waals surface area contributed by atoms with Gasteiger partial charge in [-0.05, 0) is 38.1 Å². The Morgan fingerprint density at radius 2 is 1.87 bits per heavy atom. The van der Waals surface area contributed by atoms with Gasteiger partial charge in [0.05, 0.1) is 6.04 Å². The Morgan fingerprint density at radius 1 is 1.13 bits per heavy atom. The molecule has 0 fully saturated rings. The summed E-state index contributed by atoms with van der Waals surface area (Å²) in [6.45, 7) is 3.37. The first-order chi connectivity index (χ1) is 10.9. The molecule has 3 nitrogen and oxygen atoms in total. The van der Waals surface area contributed by atoms with Crippen LogP contribution in [0.3, 0.4) is 0 Å². The molecule has 2 aromatic carbocycles. The van der Waals surface area contributed by atoms with Gasteiger partial charge < -0.3 is 5.32 Å². The molecule has 2 rings (SSSR count). The number of nitrogens with one attached hydrogen (secondary N) is 2. The Balaban J connectivity index is 2.00. The van der Waals surface area contributed by atoms with Crippen LogP contribution in [-0.2, 0) is 4.79 Å². The van der Waals surface area contributed by atoms with Crippen molar-refractivity contribution in [1.29, 1.82) is 0 Å². The third-order valence-electron chi connectivity index (χ3n) is 3.41. The third kappa shape index (κ3) is 4.74. The van der Waals surface area contributed by atoms with E-state index in [0.29, 0.717) is 16.3 Å². The molecule has 0 bridgehead atoms. The molecule has 0 aliphatic heterocycles. The van der Waals surface area contributed by atoms with Gasteiger partial charge in [0.15, 0.2) is 0 Å². The van der Waals surface area contributed by atoms with E-state index in [1.54, 1.807) is 38.1 Å². The topological polar surface area (TPSA) is 41.1 Å². The molecule has 1 amide bonds. The van der Waals surface area contributed by atoms with Crippen LogP contribution in [0.5, 0.6) is 0 Å². The molecule has 0 radical (unpaired) electrons. The molecule has 6 heteroatoms. The van der Waals surface area contributed by atoms with Crippen LogP contribution in [0, 0.1) is 11.6 Å². The normalized spacial score (nSPS) is 13.4. The zero-order valence-corrected chi connectivity index (χ0v) is 13.5. The Hall–Kier alpha value is -1.98. The summed E-state index contributed by atoms with van der Waals surface area (Å²) in [6.07, 6.45) is 0. The summed E-state index contributed by atoms with van der Waals surface area (Å²) in [7, 11) is 0. The first-order valence-electron chi connectivity index (χ1n) is 7.14. The van der Waals surface area contributed by atoms with E-state index in [1.807, 2.05) is 0 Å².